The van der Waals surface area contributed by atoms with Gasteiger partial charge in [0, 0.05) is 11.1 Å². The first-order valence-electron chi connectivity index (χ1n) is 7.52. The lowest BCUT2D eigenvalue weighted by atomic mass is 10.1. The van der Waals surface area contributed by atoms with E-state index < -0.39 is 5.91 Å². The Morgan fingerprint density at radius 3 is 2.88 bits per heavy atom. The number of hydrogen-bond donors (Lipinski definition) is 1. The lowest BCUT2D eigenvalue weighted by Crippen LogP contribution is -2.14. The first-order chi connectivity index (χ1) is 12.4. The van der Waals surface area contributed by atoms with E-state index in [1.807, 2.05) is 0 Å². The SMILES string of the molecule is Cc1cc2oc(C(=O)Nc3nc4ccc(F)cc4s3)cc(=O)c2cc1Cl. The molecule has 0 bridgehead atoms. The van der Waals surface area contributed by atoms with Gasteiger partial charge in [0.05, 0.1) is 15.6 Å². The Balaban J connectivity index is 1.71. The molecule has 2 aromatic carbocycles. The predicted octanol–water partition coefficient (Wildman–Crippen LogP) is 4.76. The van der Waals surface area contributed by atoms with Crippen LogP contribution in [0.15, 0.2) is 45.6 Å². The number of nitrogens with zero attached hydrogens (tertiary/aromatic N) is 1. The Morgan fingerprint density at radius 2 is 2.08 bits per heavy atom. The molecule has 0 spiro atoms. The van der Waals surface area contributed by atoms with E-state index in [0.717, 1.165) is 23.0 Å². The summed E-state index contributed by atoms with van der Waals surface area (Å²) in [6.45, 7) is 1.77. The van der Waals surface area contributed by atoms with Crippen LogP contribution in [-0.2, 0) is 0 Å². The third kappa shape index (κ3) is 2.95. The fraction of sp³-hybridized carbons (Fsp3) is 0.0556. The summed E-state index contributed by atoms with van der Waals surface area (Å²) in [4.78, 5) is 28.9. The first kappa shape index (κ1) is 16.7. The molecule has 4 aromatic rings. The zero-order chi connectivity index (χ0) is 18.4. The van der Waals surface area contributed by atoms with Gasteiger partial charge in [0.25, 0.3) is 5.91 Å². The topological polar surface area (TPSA) is 72.2 Å². The molecule has 2 aromatic heterocycles. The predicted molar refractivity (Wildman–Crippen MR) is 99.8 cm³/mol. The van der Waals surface area contributed by atoms with E-state index in [2.05, 4.69) is 10.3 Å². The van der Waals surface area contributed by atoms with Gasteiger partial charge in [-0.3, -0.25) is 14.9 Å². The molecule has 0 aliphatic carbocycles. The van der Waals surface area contributed by atoms with Crippen LogP contribution in [0.25, 0.3) is 21.2 Å². The van der Waals surface area contributed by atoms with Gasteiger partial charge in [-0.1, -0.05) is 22.9 Å². The summed E-state index contributed by atoms with van der Waals surface area (Å²) in [5.74, 6) is -1.14. The number of nitrogens with one attached hydrogen (secondary N) is 1. The number of anilines is 1. The summed E-state index contributed by atoms with van der Waals surface area (Å²) < 4.78 is 19.4. The zero-order valence-electron chi connectivity index (χ0n) is 13.3. The van der Waals surface area contributed by atoms with Gasteiger partial charge >= 0.3 is 0 Å². The minimum atomic E-state index is -0.615. The second-order valence-electron chi connectivity index (χ2n) is 5.66. The number of amides is 1. The Bertz CT molecular complexity index is 1250. The van der Waals surface area contributed by atoms with E-state index >= 15 is 0 Å². The molecule has 4 rings (SSSR count). The van der Waals surface area contributed by atoms with Crippen molar-refractivity contribution < 1.29 is 13.6 Å². The van der Waals surface area contributed by atoms with Crippen LogP contribution in [0.3, 0.4) is 0 Å². The third-order valence-corrected chi connectivity index (χ3v) is 5.14. The van der Waals surface area contributed by atoms with Gasteiger partial charge < -0.3 is 4.42 Å². The van der Waals surface area contributed by atoms with Crippen LogP contribution in [0.1, 0.15) is 16.1 Å². The molecule has 0 radical (unpaired) electrons. The number of carbonyl (C=O) groups excluding carboxylic acids is 1. The van der Waals surface area contributed by atoms with E-state index in [9.17, 15) is 14.0 Å². The molecule has 0 saturated carbocycles. The number of aromatic nitrogens is 1. The molecule has 0 aliphatic rings. The molecule has 8 heteroatoms. The minimum absolute atomic E-state index is 0.144. The summed E-state index contributed by atoms with van der Waals surface area (Å²) in [6, 6.07) is 8.39. The lowest BCUT2D eigenvalue weighted by Gasteiger charge is -2.04. The summed E-state index contributed by atoms with van der Waals surface area (Å²) in [5.41, 5.74) is 1.20. The van der Waals surface area contributed by atoms with Gasteiger partial charge in [0.15, 0.2) is 16.3 Å². The monoisotopic (exact) mass is 388 g/mol. The Kier molecular flexibility index (Phi) is 3.97. The first-order valence-corrected chi connectivity index (χ1v) is 8.71. The molecule has 26 heavy (non-hydrogen) atoms. The molecule has 130 valence electrons. The third-order valence-electron chi connectivity index (χ3n) is 3.80. The van der Waals surface area contributed by atoms with Crippen molar-refractivity contribution in [2.45, 2.75) is 6.92 Å². The fourth-order valence-electron chi connectivity index (χ4n) is 2.50. The molecule has 5 nitrogen and oxygen atoms in total. The standard InChI is InChI=1S/C18H10ClFN2O3S/c1-8-4-14-10(6-11(8)19)13(23)7-15(25-14)17(24)22-18-21-12-3-2-9(20)5-16(12)26-18/h2-7H,1H3,(H,21,22,24). The Morgan fingerprint density at radius 1 is 1.27 bits per heavy atom. The van der Waals surface area contributed by atoms with Crippen LogP contribution in [0.5, 0.6) is 0 Å². The molecule has 0 atom stereocenters. The number of hydrogen-bond acceptors (Lipinski definition) is 5. The van der Waals surface area contributed by atoms with Crippen molar-refractivity contribution in [3.05, 3.63) is 68.8 Å². The van der Waals surface area contributed by atoms with Crippen molar-refractivity contribution in [2.24, 2.45) is 0 Å². The largest absolute Gasteiger partial charge is 0.451 e. The van der Waals surface area contributed by atoms with Crippen LogP contribution >= 0.6 is 22.9 Å². The zero-order valence-corrected chi connectivity index (χ0v) is 14.9. The second-order valence-corrected chi connectivity index (χ2v) is 7.10. The molecule has 0 aliphatic heterocycles. The molecule has 0 saturated heterocycles. The smallest absolute Gasteiger partial charge is 0.293 e. The molecule has 0 unspecified atom stereocenters. The summed E-state index contributed by atoms with van der Waals surface area (Å²) in [7, 11) is 0. The van der Waals surface area contributed by atoms with E-state index in [-0.39, 0.29) is 27.7 Å². The summed E-state index contributed by atoms with van der Waals surface area (Å²) in [5, 5.41) is 3.60. The van der Waals surface area contributed by atoms with Crippen molar-refractivity contribution in [1.82, 2.24) is 4.98 Å². The van der Waals surface area contributed by atoms with E-state index in [4.69, 9.17) is 16.0 Å². The molecule has 2 heterocycles. The van der Waals surface area contributed by atoms with Gasteiger partial charge in [-0.2, -0.15) is 0 Å². The van der Waals surface area contributed by atoms with Gasteiger partial charge in [-0.25, -0.2) is 9.37 Å². The van der Waals surface area contributed by atoms with Gasteiger partial charge in [0.1, 0.15) is 11.4 Å². The average molecular weight is 389 g/mol. The van der Waals surface area contributed by atoms with Gasteiger partial charge in [-0.05, 0) is 42.8 Å². The number of thiazole rings is 1. The molecule has 1 amide bonds. The normalized spacial score (nSPS) is 11.2. The highest BCUT2D eigenvalue weighted by Gasteiger charge is 2.16. The van der Waals surface area contributed by atoms with Crippen molar-refractivity contribution in [3.8, 4) is 0 Å². The maximum absolute atomic E-state index is 13.3. The number of aryl methyl sites for hydroxylation is 1. The molecule has 1 N–H and O–H groups in total. The van der Waals surface area contributed by atoms with E-state index in [1.165, 1.54) is 24.3 Å². The highest BCUT2D eigenvalue weighted by Crippen LogP contribution is 2.27. The number of rotatable bonds is 2. The second kappa shape index (κ2) is 6.19. The van der Waals surface area contributed by atoms with Crippen molar-refractivity contribution in [1.29, 1.82) is 0 Å². The van der Waals surface area contributed by atoms with Crippen LogP contribution < -0.4 is 10.7 Å². The maximum atomic E-state index is 13.3. The van der Waals surface area contributed by atoms with Gasteiger partial charge in [-0.15, -0.1) is 0 Å². The summed E-state index contributed by atoms with van der Waals surface area (Å²) in [6.07, 6.45) is 0. The quantitative estimate of drug-likeness (QED) is 0.537. The highest BCUT2D eigenvalue weighted by molar-refractivity contribution is 7.22. The number of halogens is 2. The van der Waals surface area contributed by atoms with E-state index in [0.29, 0.717) is 20.6 Å². The van der Waals surface area contributed by atoms with Crippen molar-refractivity contribution in [3.63, 3.8) is 0 Å². The lowest BCUT2D eigenvalue weighted by molar-refractivity contribution is 0.0997. The number of carbonyl (C=O) groups is 1. The average Bonchev–Trinajstić information content (AvgIpc) is 2.97. The van der Waals surface area contributed by atoms with Crippen LogP contribution in [0.2, 0.25) is 5.02 Å². The minimum Gasteiger partial charge on any atom is -0.451 e. The van der Waals surface area contributed by atoms with Crippen LogP contribution in [0, 0.1) is 12.7 Å². The Labute approximate surface area is 155 Å². The highest BCUT2D eigenvalue weighted by atomic mass is 35.5. The van der Waals surface area contributed by atoms with E-state index in [1.54, 1.807) is 13.0 Å². The fourth-order valence-corrected chi connectivity index (χ4v) is 3.55. The molecular formula is C18H10ClFN2O3S. The van der Waals surface area contributed by atoms with Crippen molar-refractivity contribution in [2.75, 3.05) is 5.32 Å². The maximum Gasteiger partial charge on any atom is 0.293 e. The van der Waals surface area contributed by atoms with Crippen LogP contribution in [-0.4, -0.2) is 10.9 Å². The van der Waals surface area contributed by atoms with Gasteiger partial charge in [0.2, 0.25) is 0 Å². The molecular weight excluding hydrogens is 379 g/mol. The summed E-state index contributed by atoms with van der Waals surface area (Å²) >= 11 is 7.15. The number of benzene rings is 2. The van der Waals surface area contributed by atoms with Crippen molar-refractivity contribution >= 4 is 55.2 Å². The molecule has 0 fully saturated rings. The Hall–Kier alpha value is -2.77. The number of fused-ring (bicyclic) bond motifs is 2. The van der Waals surface area contributed by atoms with Crippen LogP contribution in [0.4, 0.5) is 9.52 Å².